The Bertz CT molecular complexity index is 1160. The summed E-state index contributed by atoms with van der Waals surface area (Å²) in [5.74, 6) is 0.624. The molecule has 2 aromatic carbocycles. The van der Waals surface area contributed by atoms with Gasteiger partial charge in [0.05, 0.1) is 22.4 Å². The van der Waals surface area contributed by atoms with E-state index >= 15 is 0 Å². The Morgan fingerprint density at radius 3 is 2.44 bits per heavy atom. The van der Waals surface area contributed by atoms with Gasteiger partial charge in [0, 0.05) is 17.8 Å². The topological polar surface area (TPSA) is 88.9 Å². The number of nitrogens with zero attached hydrogens (tertiary/aromatic N) is 3. The molecule has 0 unspecified atom stereocenters. The van der Waals surface area contributed by atoms with Crippen LogP contribution in [0.25, 0.3) is 0 Å². The molecular formula is C24H27Cl2N5O2S. The van der Waals surface area contributed by atoms with E-state index in [0.717, 1.165) is 11.3 Å². The molecule has 0 saturated carbocycles. The van der Waals surface area contributed by atoms with Crippen LogP contribution in [0.5, 0.6) is 0 Å². The molecule has 0 saturated heterocycles. The van der Waals surface area contributed by atoms with E-state index < -0.39 is 0 Å². The molecule has 1 atom stereocenters. The van der Waals surface area contributed by atoms with Crippen LogP contribution >= 0.6 is 35.0 Å². The monoisotopic (exact) mass is 519 g/mol. The molecule has 1 heterocycles. The summed E-state index contributed by atoms with van der Waals surface area (Å²) in [5.41, 5.74) is 2.21. The number of rotatable bonds is 9. The van der Waals surface area contributed by atoms with E-state index in [9.17, 15) is 9.59 Å². The number of carbonyl (C=O) groups excluding carboxylic acids is 2. The van der Waals surface area contributed by atoms with E-state index in [1.54, 1.807) is 16.7 Å². The van der Waals surface area contributed by atoms with Gasteiger partial charge in [-0.15, -0.1) is 10.2 Å². The fourth-order valence-electron chi connectivity index (χ4n) is 3.33. The van der Waals surface area contributed by atoms with Crippen molar-refractivity contribution in [3.8, 4) is 0 Å². The van der Waals surface area contributed by atoms with Crippen LogP contribution in [0.1, 0.15) is 48.1 Å². The van der Waals surface area contributed by atoms with Crippen LogP contribution in [0.15, 0.2) is 47.6 Å². The molecule has 7 nitrogen and oxygen atoms in total. The Balaban J connectivity index is 1.69. The largest absolute Gasteiger partial charge is 0.342 e. The Morgan fingerprint density at radius 2 is 1.79 bits per heavy atom. The van der Waals surface area contributed by atoms with Crippen LogP contribution in [0.3, 0.4) is 0 Å². The lowest BCUT2D eigenvalue weighted by Gasteiger charge is -2.20. The number of halogens is 2. The molecular weight excluding hydrogens is 493 g/mol. The third-order valence-electron chi connectivity index (χ3n) is 5.04. The van der Waals surface area contributed by atoms with Crippen molar-refractivity contribution in [1.29, 1.82) is 0 Å². The predicted molar refractivity (Wildman–Crippen MR) is 138 cm³/mol. The summed E-state index contributed by atoms with van der Waals surface area (Å²) in [7, 11) is 1.82. The van der Waals surface area contributed by atoms with Crippen LogP contribution in [0.4, 0.5) is 5.69 Å². The molecule has 3 rings (SSSR count). The highest BCUT2D eigenvalue weighted by Crippen LogP contribution is 2.26. The maximum absolute atomic E-state index is 12.9. The fraction of sp³-hybridized carbons (Fsp3) is 0.333. The van der Waals surface area contributed by atoms with Gasteiger partial charge in [-0.05, 0) is 49.6 Å². The standard InChI is InChI=1S/C24H27Cl2N5O2S/c1-14(2)11-20(28-23(33)18-10-7-16(25)12-19(18)26)22-29-30-24(31(22)4)34-13-21(32)27-17-8-5-15(3)6-9-17/h5-10,12,14,20H,11,13H2,1-4H3,(H,27,32)(H,28,33)/t20-/m0/s1. The zero-order chi connectivity index (χ0) is 24.8. The van der Waals surface area contributed by atoms with E-state index in [-0.39, 0.29) is 28.6 Å². The summed E-state index contributed by atoms with van der Waals surface area (Å²) in [6.07, 6.45) is 0.654. The van der Waals surface area contributed by atoms with Crippen LogP contribution in [0.2, 0.25) is 10.0 Å². The van der Waals surface area contributed by atoms with Crippen molar-refractivity contribution in [3.63, 3.8) is 0 Å². The third-order valence-corrected chi connectivity index (χ3v) is 6.60. The minimum absolute atomic E-state index is 0.136. The first kappa shape index (κ1) is 26.1. The molecule has 0 radical (unpaired) electrons. The van der Waals surface area contributed by atoms with Gasteiger partial charge in [-0.3, -0.25) is 9.59 Å². The second-order valence-electron chi connectivity index (χ2n) is 8.38. The predicted octanol–water partition coefficient (Wildman–Crippen LogP) is 5.68. The highest BCUT2D eigenvalue weighted by molar-refractivity contribution is 7.99. The van der Waals surface area contributed by atoms with Gasteiger partial charge in [-0.2, -0.15) is 0 Å². The SMILES string of the molecule is Cc1ccc(NC(=O)CSc2nnc([C@H](CC(C)C)NC(=O)c3ccc(Cl)cc3Cl)n2C)cc1. The van der Waals surface area contributed by atoms with Crippen molar-refractivity contribution in [3.05, 3.63) is 69.5 Å². The van der Waals surface area contributed by atoms with E-state index in [2.05, 4.69) is 34.7 Å². The first-order chi connectivity index (χ1) is 16.1. The first-order valence-electron chi connectivity index (χ1n) is 10.8. The highest BCUT2D eigenvalue weighted by atomic mass is 35.5. The zero-order valence-corrected chi connectivity index (χ0v) is 21.8. The van der Waals surface area contributed by atoms with Crippen LogP contribution in [0, 0.1) is 12.8 Å². The quantitative estimate of drug-likeness (QED) is 0.355. The Morgan fingerprint density at radius 1 is 1.09 bits per heavy atom. The normalized spacial score (nSPS) is 12.0. The average Bonchev–Trinajstić information content (AvgIpc) is 3.13. The minimum Gasteiger partial charge on any atom is -0.342 e. The molecule has 0 aliphatic heterocycles. The number of anilines is 1. The number of hydrogen-bond donors (Lipinski definition) is 2. The lowest BCUT2D eigenvalue weighted by molar-refractivity contribution is -0.113. The molecule has 0 aliphatic carbocycles. The molecule has 0 bridgehead atoms. The average molecular weight is 520 g/mol. The molecule has 1 aromatic heterocycles. The van der Waals surface area contributed by atoms with E-state index in [4.69, 9.17) is 23.2 Å². The lowest BCUT2D eigenvalue weighted by atomic mass is 10.0. The summed E-state index contributed by atoms with van der Waals surface area (Å²) in [5, 5.41) is 15.8. The summed E-state index contributed by atoms with van der Waals surface area (Å²) in [6, 6.07) is 12.0. The molecule has 10 heteroatoms. The Hall–Kier alpha value is -2.55. The second-order valence-corrected chi connectivity index (χ2v) is 10.2. The van der Waals surface area contributed by atoms with Crippen molar-refractivity contribution in [2.75, 3.05) is 11.1 Å². The summed E-state index contributed by atoms with van der Waals surface area (Å²) in [6.45, 7) is 6.12. The summed E-state index contributed by atoms with van der Waals surface area (Å²) < 4.78 is 1.81. The van der Waals surface area contributed by atoms with Gasteiger partial charge in [0.25, 0.3) is 5.91 Å². The van der Waals surface area contributed by atoms with E-state index in [0.29, 0.717) is 33.9 Å². The van der Waals surface area contributed by atoms with Gasteiger partial charge in [-0.1, -0.05) is 66.5 Å². The number of benzene rings is 2. The van der Waals surface area contributed by atoms with Crippen molar-refractivity contribution in [2.24, 2.45) is 13.0 Å². The van der Waals surface area contributed by atoms with E-state index in [1.165, 1.54) is 17.8 Å². The summed E-state index contributed by atoms with van der Waals surface area (Å²) >= 11 is 13.4. The van der Waals surface area contributed by atoms with E-state index in [1.807, 2.05) is 38.2 Å². The molecule has 0 aliphatic rings. The highest BCUT2D eigenvalue weighted by Gasteiger charge is 2.24. The molecule has 2 amide bonds. The van der Waals surface area contributed by atoms with Gasteiger partial charge in [-0.25, -0.2) is 0 Å². The van der Waals surface area contributed by atoms with Crippen LogP contribution in [-0.2, 0) is 11.8 Å². The number of nitrogens with one attached hydrogen (secondary N) is 2. The van der Waals surface area contributed by atoms with Gasteiger partial charge >= 0.3 is 0 Å². The molecule has 0 spiro atoms. The van der Waals surface area contributed by atoms with Gasteiger partial charge < -0.3 is 15.2 Å². The number of aromatic nitrogens is 3. The number of aryl methyl sites for hydroxylation is 1. The van der Waals surface area contributed by atoms with Crippen molar-refractivity contribution in [1.82, 2.24) is 20.1 Å². The van der Waals surface area contributed by atoms with Gasteiger partial charge in [0.1, 0.15) is 0 Å². The first-order valence-corrected chi connectivity index (χ1v) is 12.5. The second kappa shape index (κ2) is 11.7. The van der Waals surface area contributed by atoms with Crippen LogP contribution < -0.4 is 10.6 Å². The smallest absolute Gasteiger partial charge is 0.253 e. The minimum atomic E-state index is -0.382. The van der Waals surface area contributed by atoms with Crippen molar-refractivity contribution < 1.29 is 9.59 Å². The van der Waals surface area contributed by atoms with Gasteiger partial charge in [0.15, 0.2) is 11.0 Å². The van der Waals surface area contributed by atoms with Crippen molar-refractivity contribution >= 4 is 52.5 Å². The van der Waals surface area contributed by atoms with Gasteiger partial charge in [0.2, 0.25) is 5.91 Å². The Labute approximate surface area is 213 Å². The molecule has 2 N–H and O–H groups in total. The molecule has 180 valence electrons. The lowest BCUT2D eigenvalue weighted by Crippen LogP contribution is -2.31. The molecule has 34 heavy (non-hydrogen) atoms. The fourth-order valence-corrected chi connectivity index (χ4v) is 4.54. The van der Waals surface area contributed by atoms with Crippen LogP contribution in [-0.4, -0.2) is 32.3 Å². The third kappa shape index (κ3) is 6.98. The maximum atomic E-state index is 12.9. The number of amides is 2. The van der Waals surface area contributed by atoms with Crippen molar-refractivity contribution in [2.45, 2.75) is 38.4 Å². The number of hydrogen-bond acceptors (Lipinski definition) is 5. The zero-order valence-electron chi connectivity index (χ0n) is 19.4. The number of thioether (sulfide) groups is 1. The number of carbonyl (C=O) groups is 2. The molecule has 3 aromatic rings. The maximum Gasteiger partial charge on any atom is 0.253 e. The molecule has 0 fully saturated rings. The summed E-state index contributed by atoms with van der Waals surface area (Å²) in [4.78, 5) is 25.3. The Kier molecular flexibility index (Phi) is 8.99.